The van der Waals surface area contributed by atoms with Crippen molar-refractivity contribution in [2.45, 2.75) is 17.8 Å². The summed E-state index contributed by atoms with van der Waals surface area (Å²) in [5.74, 6) is -0.0685. The minimum Gasteiger partial charge on any atom is -0.384 e. The normalized spacial score (nSPS) is 10.4. The van der Waals surface area contributed by atoms with Gasteiger partial charge in [0.2, 0.25) is 0 Å². The van der Waals surface area contributed by atoms with Gasteiger partial charge < -0.3 is 5.73 Å². The summed E-state index contributed by atoms with van der Waals surface area (Å²) in [6.45, 7) is 1.88. The third-order valence-electron chi connectivity index (χ3n) is 2.49. The van der Waals surface area contributed by atoms with E-state index in [-0.39, 0.29) is 11.7 Å². The highest BCUT2D eigenvalue weighted by molar-refractivity contribution is 7.98. The van der Waals surface area contributed by atoms with E-state index in [1.54, 1.807) is 18.3 Å². The first-order valence-corrected chi connectivity index (χ1v) is 6.60. The van der Waals surface area contributed by atoms with E-state index in [4.69, 9.17) is 11.1 Å². The maximum absolute atomic E-state index is 13.8. The van der Waals surface area contributed by atoms with Gasteiger partial charge in [0, 0.05) is 23.2 Å². The molecule has 3 N–H and O–H groups in total. The fourth-order valence-corrected chi connectivity index (χ4v) is 2.33. The predicted molar refractivity (Wildman–Crippen MR) is 73.7 cm³/mol. The number of thioether (sulfide) groups is 1. The monoisotopic (exact) mass is 276 g/mol. The number of nitrogen functional groups attached to an aromatic ring is 1. The van der Waals surface area contributed by atoms with Crippen molar-refractivity contribution in [1.29, 1.82) is 5.41 Å². The molecule has 0 aliphatic heterocycles. The number of hydrogen-bond acceptors (Lipinski definition) is 4. The molecule has 1 aromatic carbocycles. The van der Waals surface area contributed by atoms with Gasteiger partial charge in [0.1, 0.15) is 11.7 Å². The highest BCUT2D eigenvalue weighted by atomic mass is 32.2. The number of nitrogens with one attached hydrogen (secondary N) is 1. The smallest absolute Gasteiger partial charge is 0.188 e. The molecule has 0 saturated carbocycles. The van der Waals surface area contributed by atoms with E-state index < -0.39 is 0 Å². The van der Waals surface area contributed by atoms with Crippen molar-refractivity contribution in [3.05, 3.63) is 53.1 Å². The molecule has 0 amide bonds. The molecule has 1 aromatic heterocycles. The Hall–Kier alpha value is -1.95. The molecule has 0 saturated heterocycles. The summed E-state index contributed by atoms with van der Waals surface area (Å²) in [5, 5.41) is 7.87. The first-order valence-electron chi connectivity index (χ1n) is 5.61. The van der Waals surface area contributed by atoms with Gasteiger partial charge in [-0.2, -0.15) is 0 Å². The molecule has 0 aliphatic rings. The van der Waals surface area contributed by atoms with Gasteiger partial charge in [-0.1, -0.05) is 23.9 Å². The van der Waals surface area contributed by atoms with Crippen LogP contribution in [-0.2, 0) is 5.75 Å². The van der Waals surface area contributed by atoms with Crippen molar-refractivity contribution < 1.29 is 4.39 Å². The van der Waals surface area contributed by atoms with Gasteiger partial charge in [0.05, 0.1) is 0 Å². The van der Waals surface area contributed by atoms with Crippen molar-refractivity contribution in [1.82, 2.24) is 9.97 Å². The van der Waals surface area contributed by atoms with Crippen LogP contribution in [0.15, 0.2) is 35.6 Å². The lowest BCUT2D eigenvalue weighted by atomic mass is 10.1. The number of benzene rings is 1. The highest BCUT2D eigenvalue weighted by Gasteiger charge is 2.07. The van der Waals surface area contributed by atoms with Gasteiger partial charge in [-0.25, -0.2) is 14.4 Å². The summed E-state index contributed by atoms with van der Waals surface area (Å²) in [7, 11) is 0. The van der Waals surface area contributed by atoms with E-state index in [1.165, 1.54) is 17.8 Å². The van der Waals surface area contributed by atoms with Crippen molar-refractivity contribution in [3.8, 4) is 0 Å². The van der Waals surface area contributed by atoms with Gasteiger partial charge in [-0.05, 0) is 24.6 Å². The second-order valence-electron chi connectivity index (χ2n) is 3.99. The van der Waals surface area contributed by atoms with Crippen molar-refractivity contribution in [2.75, 3.05) is 0 Å². The molecular weight excluding hydrogens is 263 g/mol. The molecule has 6 heteroatoms. The van der Waals surface area contributed by atoms with Crippen LogP contribution in [0, 0.1) is 18.2 Å². The zero-order valence-corrected chi connectivity index (χ0v) is 11.2. The first kappa shape index (κ1) is 13.5. The topological polar surface area (TPSA) is 75.7 Å². The summed E-state index contributed by atoms with van der Waals surface area (Å²) >= 11 is 1.37. The highest BCUT2D eigenvalue weighted by Crippen LogP contribution is 2.21. The average molecular weight is 276 g/mol. The summed E-state index contributed by atoms with van der Waals surface area (Å²) in [6.07, 6.45) is 1.68. The summed E-state index contributed by atoms with van der Waals surface area (Å²) in [6, 6.07) is 6.36. The van der Waals surface area contributed by atoms with Crippen molar-refractivity contribution in [3.63, 3.8) is 0 Å². The van der Waals surface area contributed by atoms with Crippen LogP contribution < -0.4 is 5.73 Å². The van der Waals surface area contributed by atoms with Gasteiger partial charge in [0.15, 0.2) is 5.16 Å². The van der Waals surface area contributed by atoms with Crippen LogP contribution in [0.1, 0.15) is 16.8 Å². The zero-order chi connectivity index (χ0) is 13.8. The average Bonchev–Trinajstić information content (AvgIpc) is 2.37. The van der Waals surface area contributed by atoms with Crippen LogP contribution in [0.4, 0.5) is 4.39 Å². The lowest BCUT2D eigenvalue weighted by molar-refractivity contribution is 0.617. The number of nitrogens with two attached hydrogens (primary N) is 1. The van der Waals surface area contributed by atoms with Gasteiger partial charge in [-0.3, -0.25) is 5.41 Å². The van der Waals surface area contributed by atoms with Crippen LogP contribution in [0.25, 0.3) is 0 Å². The molecule has 4 nitrogen and oxygen atoms in total. The molecule has 0 atom stereocenters. The third kappa shape index (κ3) is 3.51. The van der Waals surface area contributed by atoms with E-state index >= 15 is 0 Å². The zero-order valence-electron chi connectivity index (χ0n) is 10.4. The molecule has 0 radical (unpaired) electrons. The van der Waals surface area contributed by atoms with Crippen LogP contribution >= 0.6 is 11.8 Å². The largest absolute Gasteiger partial charge is 0.384 e. The number of halogens is 1. The Kier molecular flexibility index (Phi) is 4.11. The van der Waals surface area contributed by atoms with Crippen LogP contribution in [-0.4, -0.2) is 15.8 Å². The minimum absolute atomic E-state index is 0.139. The molecule has 0 unspecified atom stereocenters. The van der Waals surface area contributed by atoms with Gasteiger partial charge in [-0.15, -0.1) is 0 Å². The van der Waals surface area contributed by atoms with Gasteiger partial charge in [0.25, 0.3) is 0 Å². The van der Waals surface area contributed by atoms with Crippen LogP contribution in [0.2, 0.25) is 0 Å². The molecule has 1 heterocycles. The standard InChI is InChI=1S/C13H13FN4S/c1-8-4-5-17-13(18-8)19-7-10-3-2-9(12(15)16)6-11(10)14/h2-6H,7H2,1H3,(H3,15,16). The van der Waals surface area contributed by atoms with Crippen LogP contribution in [0.5, 0.6) is 0 Å². The Bertz CT molecular complexity index is 615. The fraction of sp³-hybridized carbons (Fsp3) is 0.154. The molecule has 19 heavy (non-hydrogen) atoms. The van der Waals surface area contributed by atoms with Crippen LogP contribution in [0.3, 0.4) is 0 Å². The predicted octanol–water partition coefficient (Wildman–Crippen LogP) is 2.50. The number of rotatable bonds is 4. The van der Waals surface area contributed by atoms with E-state index in [0.29, 0.717) is 22.0 Å². The second kappa shape index (κ2) is 5.79. The number of hydrogen-bond donors (Lipinski definition) is 2. The van der Waals surface area contributed by atoms with E-state index in [2.05, 4.69) is 9.97 Å². The fourth-order valence-electron chi connectivity index (χ4n) is 1.47. The van der Waals surface area contributed by atoms with Crippen molar-refractivity contribution in [2.24, 2.45) is 5.73 Å². The molecule has 0 aliphatic carbocycles. The SMILES string of the molecule is Cc1ccnc(SCc2ccc(C(=N)N)cc2F)n1. The summed E-state index contributed by atoms with van der Waals surface area (Å²) in [5.41, 5.74) is 7.11. The maximum Gasteiger partial charge on any atom is 0.188 e. The molecular formula is C13H13FN4S. The van der Waals surface area contributed by atoms with E-state index in [9.17, 15) is 4.39 Å². The Morgan fingerprint density at radius 2 is 2.21 bits per heavy atom. The number of aryl methyl sites for hydroxylation is 1. The number of aromatic nitrogens is 2. The number of nitrogens with zero attached hydrogens (tertiary/aromatic N) is 2. The summed E-state index contributed by atoms with van der Waals surface area (Å²) in [4.78, 5) is 8.34. The minimum atomic E-state index is -0.368. The Labute approximate surface area is 114 Å². The lowest BCUT2D eigenvalue weighted by Gasteiger charge is -2.05. The van der Waals surface area contributed by atoms with Crippen molar-refractivity contribution >= 4 is 17.6 Å². The lowest BCUT2D eigenvalue weighted by Crippen LogP contribution is -2.11. The first-order chi connectivity index (χ1) is 9.06. The Morgan fingerprint density at radius 1 is 1.42 bits per heavy atom. The molecule has 0 fully saturated rings. The van der Waals surface area contributed by atoms with E-state index in [0.717, 1.165) is 5.69 Å². The second-order valence-corrected chi connectivity index (χ2v) is 4.93. The van der Waals surface area contributed by atoms with Gasteiger partial charge >= 0.3 is 0 Å². The maximum atomic E-state index is 13.8. The quantitative estimate of drug-likeness (QED) is 0.389. The Morgan fingerprint density at radius 3 is 2.84 bits per heavy atom. The number of amidine groups is 1. The summed E-state index contributed by atoms with van der Waals surface area (Å²) < 4.78 is 13.8. The molecule has 0 bridgehead atoms. The molecule has 2 rings (SSSR count). The molecule has 98 valence electrons. The Balaban J connectivity index is 2.10. The third-order valence-corrected chi connectivity index (χ3v) is 3.40. The van der Waals surface area contributed by atoms with E-state index in [1.807, 2.05) is 13.0 Å². The molecule has 2 aromatic rings. The molecule has 0 spiro atoms.